The van der Waals surface area contributed by atoms with Gasteiger partial charge < -0.3 is 14.4 Å². The molecule has 0 N–H and O–H groups in total. The quantitative estimate of drug-likeness (QED) is 0.128. The predicted molar refractivity (Wildman–Crippen MR) is 309 cm³/mol. The van der Waals surface area contributed by atoms with Gasteiger partial charge >= 0.3 is 0 Å². The average molecular weight is 932 g/mol. The molecule has 1 heterocycles. The Morgan fingerprint density at radius 3 is 0.904 bits per heavy atom. The molecule has 73 heavy (non-hydrogen) atoms. The van der Waals surface area contributed by atoms with Crippen LogP contribution in [0.15, 0.2) is 297 Å². The number of hydrogen-bond acceptors (Lipinski definition) is 2. The number of benzene rings is 12. The maximum atomic E-state index is 2.43. The maximum Gasteiger partial charge on any atom is 0.0541 e. The summed E-state index contributed by atoms with van der Waals surface area (Å²) < 4.78 is 2.43. The van der Waals surface area contributed by atoms with Gasteiger partial charge in [0.05, 0.1) is 11.0 Å². The minimum absolute atomic E-state index is 1.10. The zero-order chi connectivity index (χ0) is 48.5. The zero-order valence-corrected chi connectivity index (χ0v) is 40.1. The van der Waals surface area contributed by atoms with Crippen LogP contribution in [-0.2, 0) is 0 Å². The van der Waals surface area contributed by atoms with E-state index < -0.39 is 0 Å². The molecule has 3 heteroatoms. The number of hydrogen-bond donors (Lipinski definition) is 0. The predicted octanol–water partition coefficient (Wildman–Crippen LogP) is 19.5. The summed E-state index contributed by atoms with van der Waals surface area (Å²) in [5.74, 6) is 0. The standard InChI is InChI=1S/C70H49N3/c1-5-15-50(16-6-1)53-25-36-62(37-26-53)71(60-21-9-3-10-22-60)64-40-29-55(30-41-64)58-34-45-69-67(48-58)68-49-59(35-46-70(68)73(69)66-44-33-52-19-13-14-20-57(52)47-66)56-31-42-65(43-32-56)72(61-23-11-4-12-24-61)63-38-27-54(28-39-63)51-17-7-2-8-18-51/h1-49H. The van der Waals surface area contributed by atoms with Crippen LogP contribution in [0.25, 0.3) is 82.8 Å². The van der Waals surface area contributed by atoms with E-state index in [-0.39, 0.29) is 0 Å². The second kappa shape index (κ2) is 18.9. The molecule has 0 amide bonds. The van der Waals surface area contributed by atoms with Gasteiger partial charge in [-0.1, -0.05) is 188 Å². The first-order valence-corrected chi connectivity index (χ1v) is 25.0. The third-order valence-corrected chi connectivity index (χ3v) is 14.2. The van der Waals surface area contributed by atoms with Crippen molar-refractivity contribution < 1.29 is 0 Å². The van der Waals surface area contributed by atoms with Gasteiger partial charge in [0.1, 0.15) is 0 Å². The Balaban J connectivity index is 0.877. The van der Waals surface area contributed by atoms with Crippen LogP contribution in [0.2, 0.25) is 0 Å². The van der Waals surface area contributed by atoms with Crippen molar-refractivity contribution in [2.75, 3.05) is 9.80 Å². The Morgan fingerprint density at radius 1 is 0.205 bits per heavy atom. The number of aromatic nitrogens is 1. The van der Waals surface area contributed by atoms with Crippen LogP contribution in [0, 0.1) is 0 Å². The van der Waals surface area contributed by atoms with Crippen molar-refractivity contribution in [1.29, 1.82) is 0 Å². The van der Waals surface area contributed by atoms with Crippen molar-refractivity contribution in [2.45, 2.75) is 0 Å². The highest BCUT2D eigenvalue weighted by Crippen LogP contribution is 2.42. The van der Waals surface area contributed by atoms with Gasteiger partial charge in [0, 0.05) is 50.6 Å². The highest BCUT2D eigenvalue weighted by atomic mass is 15.1. The molecule has 0 aliphatic carbocycles. The SMILES string of the molecule is c1ccc(-c2ccc(N(c3ccccc3)c3ccc(-c4ccc5c(c4)c4cc(-c6ccc(N(c7ccccc7)c7ccc(-c8ccccc8)cc7)cc6)ccc4n5-c4ccc5ccccc5c4)cc3)cc2)cc1. The van der Waals surface area contributed by atoms with Crippen LogP contribution in [0.5, 0.6) is 0 Å². The van der Waals surface area contributed by atoms with Crippen molar-refractivity contribution in [1.82, 2.24) is 4.57 Å². The first-order valence-electron chi connectivity index (χ1n) is 25.0. The van der Waals surface area contributed by atoms with Crippen molar-refractivity contribution in [3.63, 3.8) is 0 Å². The molecule has 0 unspecified atom stereocenters. The van der Waals surface area contributed by atoms with Gasteiger partial charge in [0.15, 0.2) is 0 Å². The van der Waals surface area contributed by atoms with Gasteiger partial charge in [-0.15, -0.1) is 0 Å². The molecule has 0 saturated heterocycles. The van der Waals surface area contributed by atoms with Gasteiger partial charge in [-0.05, 0) is 164 Å². The van der Waals surface area contributed by atoms with Crippen LogP contribution >= 0.6 is 0 Å². The number of fused-ring (bicyclic) bond motifs is 4. The van der Waals surface area contributed by atoms with Gasteiger partial charge in [-0.3, -0.25) is 0 Å². The van der Waals surface area contributed by atoms with E-state index >= 15 is 0 Å². The summed E-state index contributed by atoms with van der Waals surface area (Å²) in [7, 11) is 0. The van der Waals surface area contributed by atoms with Crippen LogP contribution in [0.3, 0.4) is 0 Å². The number of nitrogens with zero attached hydrogens (tertiary/aromatic N) is 3. The van der Waals surface area contributed by atoms with Crippen LogP contribution < -0.4 is 9.80 Å². The molecule has 0 bridgehead atoms. The third-order valence-electron chi connectivity index (χ3n) is 14.2. The summed E-state index contributed by atoms with van der Waals surface area (Å²) in [6.07, 6.45) is 0. The highest BCUT2D eigenvalue weighted by Gasteiger charge is 2.18. The van der Waals surface area contributed by atoms with Gasteiger partial charge in [-0.2, -0.15) is 0 Å². The molecule has 0 saturated carbocycles. The Kier molecular flexibility index (Phi) is 11.2. The Morgan fingerprint density at radius 2 is 0.507 bits per heavy atom. The van der Waals surface area contributed by atoms with Crippen molar-refractivity contribution in [3.05, 3.63) is 297 Å². The van der Waals surface area contributed by atoms with Gasteiger partial charge in [-0.25, -0.2) is 0 Å². The van der Waals surface area contributed by atoms with E-state index in [1.165, 1.54) is 66.0 Å². The Bertz CT molecular complexity index is 3790. The van der Waals surface area contributed by atoms with Gasteiger partial charge in [0.25, 0.3) is 0 Å². The molecule has 0 atom stereocenters. The van der Waals surface area contributed by atoms with Gasteiger partial charge in [0.2, 0.25) is 0 Å². The van der Waals surface area contributed by atoms with Crippen LogP contribution in [-0.4, -0.2) is 4.57 Å². The number of rotatable bonds is 11. The minimum atomic E-state index is 1.10. The van der Waals surface area contributed by atoms with E-state index in [1.807, 2.05) is 0 Å². The average Bonchev–Trinajstić information content (AvgIpc) is 3.80. The summed E-state index contributed by atoms with van der Waals surface area (Å²) >= 11 is 0. The van der Waals surface area contributed by atoms with E-state index in [0.717, 1.165) is 50.9 Å². The Hall–Kier alpha value is -9.70. The third kappa shape index (κ3) is 8.39. The highest BCUT2D eigenvalue weighted by molar-refractivity contribution is 6.12. The number of para-hydroxylation sites is 2. The van der Waals surface area contributed by atoms with Crippen molar-refractivity contribution in [2.24, 2.45) is 0 Å². The largest absolute Gasteiger partial charge is 0.311 e. The van der Waals surface area contributed by atoms with Crippen LogP contribution in [0.4, 0.5) is 34.1 Å². The van der Waals surface area contributed by atoms with E-state index in [1.54, 1.807) is 0 Å². The maximum absolute atomic E-state index is 2.43. The minimum Gasteiger partial charge on any atom is -0.311 e. The molecule has 0 spiro atoms. The normalized spacial score (nSPS) is 11.3. The van der Waals surface area contributed by atoms with E-state index in [4.69, 9.17) is 0 Å². The fraction of sp³-hybridized carbons (Fsp3) is 0. The van der Waals surface area contributed by atoms with E-state index in [0.29, 0.717) is 0 Å². The molecule has 13 rings (SSSR count). The molecule has 0 radical (unpaired) electrons. The molecule has 1 aromatic heterocycles. The fourth-order valence-corrected chi connectivity index (χ4v) is 10.5. The van der Waals surface area contributed by atoms with Crippen molar-refractivity contribution in [3.8, 4) is 50.2 Å². The lowest BCUT2D eigenvalue weighted by atomic mass is 9.99. The lowest BCUT2D eigenvalue weighted by molar-refractivity contribution is 1.19. The zero-order valence-electron chi connectivity index (χ0n) is 40.1. The summed E-state index contributed by atoms with van der Waals surface area (Å²) in [5.41, 5.74) is 19.6. The molecule has 12 aromatic carbocycles. The Labute approximate surface area is 426 Å². The molecular formula is C70H49N3. The fourth-order valence-electron chi connectivity index (χ4n) is 10.5. The van der Waals surface area contributed by atoms with Crippen molar-refractivity contribution >= 4 is 66.7 Å². The first kappa shape index (κ1) is 43.3. The summed E-state index contributed by atoms with van der Waals surface area (Å²) in [6, 6.07) is 107. The molecule has 0 aliphatic rings. The smallest absolute Gasteiger partial charge is 0.0541 e. The first-order chi connectivity index (χ1) is 36.2. The summed E-state index contributed by atoms with van der Waals surface area (Å²) in [6.45, 7) is 0. The molecule has 3 nitrogen and oxygen atoms in total. The molecular weight excluding hydrogens is 883 g/mol. The second-order valence-electron chi connectivity index (χ2n) is 18.6. The summed E-state index contributed by atoms with van der Waals surface area (Å²) in [5, 5.41) is 4.87. The number of anilines is 6. The molecule has 344 valence electrons. The monoisotopic (exact) mass is 931 g/mol. The van der Waals surface area contributed by atoms with E-state index in [9.17, 15) is 0 Å². The van der Waals surface area contributed by atoms with Crippen LogP contribution in [0.1, 0.15) is 0 Å². The second-order valence-corrected chi connectivity index (χ2v) is 18.6. The lowest BCUT2D eigenvalue weighted by Crippen LogP contribution is -2.09. The molecule has 13 aromatic rings. The topological polar surface area (TPSA) is 11.4 Å². The lowest BCUT2D eigenvalue weighted by Gasteiger charge is -2.26. The molecule has 0 fully saturated rings. The molecule has 0 aliphatic heterocycles. The summed E-state index contributed by atoms with van der Waals surface area (Å²) in [4.78, 5) is 4.66. The van der Waals surface area contributed by atoms with E-state index in [2.05, 4.69) is 312 Å².